The van der Waals surface area contributed by atoms with Crippen LogP contribution in [-0.4, -0.2) is 27.6 Å². The third-order valence-corrected chi connectivity index (χ3v) is 1.08. The smallest absolute Gasteiger partial charge is 0.360 e. The Balaban J connectivity index is 2.76. The average molecular weight is 166 g/mol. The Morgan fingerprint density at radius 1 is 1.92 bits per heavy atom. The van der Waals surface area contributed by atoms with E-state index in [9.17, 15) is 4.79 Å². The first-order valence-electron chi connectivity index (χ1n) is 3.27. The van der Waals surface area contributed by atoms with Gasteiger partial charge in [-0.25, -0.2) is 4.79 Å². The van der Waals surface area contributed by atoms with Gasteiger partial charge in [0.25, 0.3) is 0 Å². The Morgan fingerprint density at radius 2 is 2.67 bits per heavy atom. The fraction of sp³-hybridized carbons (Fsp3) is 0.333. The van der Waals surface area contributed by atoms with E-state index in [1.54, 1.807) is 13.1 Å². The van der Waals surface area contributed by atoms with E-state index in [1.807, 2.05) is 0 Å². The van der Waals surface area contributed by atoms with Crippen molar-refractivity contribution in [2.24, 2.45) is 0 Å². The van der Waals surface area contributed by atoms with E-state index in [1.165, 1.54) is 6.20 Å². The van der Waals surface area contributed by atoms with Crippen LogP contribution in [0.1, 0.15) is 17.4 Å². The van der Waals surface area contributed by atoms with Gasteiger partial charge < -0.3 is 4.74 Å². The number of carbonyl (C=O) groups is 1. The molecule has 0 aliphatic rings. The topological polar surface area (TPSA) is 80.8 Å². The fourth-order valence-electron chi connectivity index (χ4n) is 0.611. The van der Waals surface area contributed by atoms with Gasteiger partial charge in [-0.05, 0) is 6.92 Å². The number of ether oxygens (including phenoxy) is 1. The second kappa shape index (κ2) is 3.48. The first-order valence-corrected chi connectivity index (χ1v) is 3.27. The van der Waals surface area contributed by atoms with Crippen LogP contribution in [0.5, 0.6) is 0 Å². The summed E-state index contributed by atoms with van der Waals surface area (Å²) >= 11 is 0. The molecule has 62 valence electrons. The normalized spacial score (nSPS) is 9.00. The van der Waals surface area contributed by atoms with Crippen LogP contribution in [0.25, 0.3) is 0 Å². The van der Waals surface area contributed by atoms with Gasteiger partial charge in [0.05, 0.1) is 12.8 Å². The van der Waals surface area contributed by atoms with Gasteiger partial charge in [0, 0.05) is 0 Å². The summed E-state index contributed by atoms with van der Waals surface area (Å²) in [6, 6.07) is 0. The maximum Gasteiger partial charge on any atom is 0.360 e. The molecule has 6 heteroatoms. The Labute approximate surface area is 68.4 Å². The first-order chi connectivity index (χ1) is 5.77. The number of nitriles is 1. The molecule has 1 rings (SSSR count). The molecule has 1 aromatic heterocycles. The largest absolute Gasteiger partial charge is 0.461 e. The summed E-state index contributed by atoms with van der Waals surface area (Å²) in [5.74, 6) is -0.570. The minimum Gasteiger partial charge on any atom is -0.461 e. The summed E-state index contributed by atoms with van der Waals surface area (Å²) in [6.07, 6.45) is 2.89. The Hall–Kier alpha value is -1.90. The molecule has 0 unspecified atom stereocenters. The molecule has 0 aliphatic carbocycles. The second-order valence-electron chi connectivity index (χ2n) is 1.87. The van der Waals surface area contributed by atoms with Crippen molar-refractivity contribution in [2.45, 2.75) is 6.92 Å². The van der Waals surface area contributed by atoms with Gasteiger partial charge in [-0.3, -0.25) is 0 Å². The maximum atomic E-state index is 10.9. The number of esters is 1. The van der Waals surface area contributed by atoms with Gasteiger partial charge >= 0.3 is 5.97 Å². The molecule has 0 aliphatic heterocycles. The maximum absolute atomic E-state index is 10.9. The van der Waals surface area contributed by atoms with Gasteiger partial charge in [0.1, 0.15) is 0 Å². The standard InChI is InChI=1S/C6H6N4O2/c1-2-12-6(11)5-3-10(4-7)9-8-5/h3H,2H2,1H3. The Kier molecular flexibility index (Phi) is 2.38. The van der Waals surface area contributed by atoms with Crippen molar-refractivity contribution < 1.29 is 9.53 Å². The zero-order valence-electron chi connectivity index (χ0n) is 6.39. The van der Waals surface area contributed by atoms with Crippen LogP contribution in [0.15, 0.2) is 6.20 Å². The lowest BCUT2D eigenvalue weighted by Crippen LogP contribution is -2.04. The van der Waals surface area contributed by atoms with E-state index >= 15 is 0 Å². The van der Waals surface area contributed by atoms with E-state index < -0.39 is 5.97 Å². The number of carbonyl (C=O) groups excluding carboxylic acids is 1. The van der Waals surface area contributed by atoms with Crippen LogP contribution in [0.3, 0.4) is 0 Å². The molecule has 0 N–H and O–H groups in total. The third kappa shape index (κ3) is 1.58. The molecule has 0 spiro atoms. The van der Waals surface area contributed by atoms with Crippen LogP contribution in [0, 0.1) is 11.5 Å². The quantitative estimate of drug-likeness (QED) is 0.567. The van der Waals surface area contributed by atoms with Crippen molar-refractivity contribution in [3.63, 3.8) is 0 Å². The molecule has 0 saturated heterocycles. The molecule has 0 radical (unpaired) electrons. The van der Waals surface area contributed by atoms with Crippen molar-refractivity contribution in [3.05, 3.63) is 11.9 Å². The SMILES string of the molecule is CCOC(=O)c1cn(C#N)nn1. The number of nitrogens with zero attached hydrogens (tertiary/aromatic N) is 4. The molecule has 12 heavy (non-hydrogen) atoms. The molecular formula is C6H6N4O2. The Morgan fingerprint density at radius 3 is 3.17 bits per heavy atom. The molecule has 0 bridgehead atoms. The van der Waals surface area contributed by atoms with E-state index in [-0.39, 0.29) is 12.3 Å². The van der Waals surface area contributed by atoms with Crippen LogP contribution < -0.4 is 0 Å². The predicted octanol–water partition coefficient (Wildman–Crippen LogP) is -0.216. The molecule has 0 fully saturated rings. The van der Waals surface area contributed by atoms with Crippen molar-refractivity contribution in [2.75, 3.05) is 6.61 Å². The molecule has 0 aromatic carbocycles. The summed E-state index contributed by atoms with van der Waals surface area (Å²) in [4.78, 5) is 10.9. The highest BCUT2D eigenvalue weighted by atomic mass is 16.5. The zero-order chi connectivity index (χ0) is 8.97. The van der Waals surface area contributed by atoms with Crippen LogP contribution in [0.2, 0.25) is 0 Å². The summed E-state index contributed by atoms with van der Waals surface area (Å²) in [6.45, 7) is 1.96. The lowest BCUT2D eigenvalue weighted by Gasteiger charge is -1.94. The number of aromatic nitrogens is 3. The summed E-state index contributed by atoms with van der Waals surface area (Å²) < 4.78 is 5.50. The van der Waals surface area contributed by atoms with E-state index in [0.29, 0.717) is 0 Å². The molecule has 1 heterocycles. The van der Waals surface area contributed by atoms with Crippen molar-refractivity contribution in [1.29, 1.82) is 5.26 Å². The molecule has 0 saturated carbocycles. The highest BCUT2D eigenvalue weighted by Gasteiger charge is 2.10. The van der Waals surface area contributed by atoms with E-state index in [4.69, 9.17) is 5.26 Å². The van der Waals surface area contributed by atoms with Crippen molar-refractivity contribution >= 4 is 5.97 Å². The van der Waals surface area contributed by atoms with Gasteiger partial charge in [0.2, 0.25) is 6.19 Å². The van der Waals surface area contributed by atoms with Gasteiger partial charge in [-0.1, -0.05) is 5.21 Å². The Bertz CT molecular complexity index is 325. The monoisotopic (exact) mass is 166 g/mol. The zero-order valence-corrected chi connectivity index (χ0v) is 6.39. The van der Waals surface area contributed by atoms with Crippen LogP contribution >= 0.6 is 0 Å². The lowest BCUT2D eigenvalue weighted by molar-refractivity contribution is 0.0519. The minimum absolute atomic E-state index is 0.0402. The first kappa shape index (κ1) is 8.20. The van der Waals surface area contributed by atoms with E-state index in [0.717, 1.165) is 4.68 Å². The summed E-state index contributed by atoms with van der Waals surface area (Å²) in [5.41, 5.74) is 0.0402. The van der Waals surface area contributed by atoms with E-state index in [2.05, 4.69) is 15.0 Å². The van der Waals surface area contributed by atoms with Crippen molar-refractivity contribution in [1.82, 2.24) is 15.0 Å². The number of hydrogen-bond acceptors (Lipinski definition) is 5. The third-order valence-electron chi connectivity index (χ3n) is 1.08. The summed E-state index contributed by atoms with van der Waals surface area (Å²) in [7, 11) is 0. The molecule has 0 atom stereocenters. The molecule has 0 amide bonds. The highest BCUT2D eigenvalue weighted by molar-refractivity contribution is 5.86. The lowest BCUT2D eigenvalue weighted by atomic mass is 10.5. The molecular weight excluding hydrogens is 160 g/mol. The number of hydrogen-bond donors (Lipinski definition) is 0. The van der Waals surface area contributed by atoms with Crippen molar-refractivity contribution in [3.8, 4) is 6.19 Å². The fourth-order valence-corrected chi connectivity index (χ4v) is 0.611. The number of rotatable bonds is 2. The van der Waals surface area contributed by atoms with Crippen LogP contribution in [-0.2, 0) is 4.74 Å². The molecule has 6 nitrogen and oxygen atoms in total. The van der Waals surface area contributed by atoms with Crippen LogP contribution in [0.4, 0.5) is 0 Å². The summed E-state index contributed by atoms with van der Waals surface area (Å²) in [5, 5.41) is 15.1. The van der Waals surface area contributed by atoms with Gasteiger partial charge in [0.15, 0.2) is 5.69 Å². The minimum atomic E-state index is -0.570. The van der Waals surface area contributed by atoms with Gasteiger partial charge in [-0.2, -0.15) is 9.94 Å². The molecule has 1 aromatic rings. The predicted molar refractivity (Wildman–Crippen MR) is 37.0 cm³/mol. The second-order valence-corrected chi connectivity index (χ2v) is 1.87. The highest BCUT2D eigenvalue weighted by Crippen LogP contribution is 1.94. The van der Waals surface area contributed by atoms with Gasteiger partial charge in [-0.15, -0.1) is 5.10 Å². The average Bonchev–Trinajstić information content (AvgIpc) is 2.52.